The van der Waals surface area contributed by atoms with Crippen LogP contribution in [0.25, 0.3) is 6.08 Å². The van der Waals surface area contributed by atoms with Gasteiger partial charge in [0.15, 0.2) is 0 Å². The Bertz CT molecular complexity index is 800. The van der Waals surface area contributed by atoms with Gasteiger partial charge in [-0.25, -0.2) is 0 Å². The van der Waals surface area contributed by atoms with Gasteiger partial charge in [-0.3, -0.25) is 5.01 Å². The monoisotopic (exact) mass is 390 g/mol. The summed E-state index contributed by atoms with van der Waals surface area (Å²) >= 11 is 0. The van der Waals surface area contributed by atoms with Crippen LogP contribution in [0.4, 0.5) is 11.4 Å². The molecule has 154 valence electrons. The van der Waals surface area contributed by atoms with Crippen molar-refractivity contribution < 1.29 is 0 Å². The zero-order valence-electron chi connectivity index (χ0n) is 18.3. The fourth-order valence-corrected chi connectivity index (χ4v) is 3.90. The van der Waals surface area contributed by atoms with Crippen LogP contribution >= 0.6 is 0 Å². The van der Waals surface area contributed by atoms with Gasteiger partial charge in [0, 0.05) is 56.4 Å². The van der Waals surface area contributed by atoms with Gasteiger partial charge >= 0.3 is 0 Å². The van der Waals surface area contributed by atoms with Gasteiger partial charge in [-0.05, 0) is 69.2 Å². The maximum absolute atomic E-state index is 4.57. The van der Waals surface area contributed by atoms with Crippen molar-refractivity contribution >= 4 is 23.7 Å². The largest absolute Gasteiger partial charge is 0.372 e. The van der Waals surface area contributed by atoms with Crippen molar-refractivity contribution in [2.75, 3.05) is 36.0 Å². The van der Waals surface area contributed by atoms with E-state index in [1.54, 1.807) is 0 Å². The normalized spacial score (nSPS) is 16.0. The first-order chi connectivity index (χ1) is 14.2. The van der Waals surface area contributed by atoms with Crippen molar-refractivity contribution in [2.45, 2.75) is 40.2 Å². The highest BCUT2D eigenvalue weighted by Crippen LogP contribution is 2.30. The zero-order valence-corrected chi connectivity index (χ0v) is 18.3. The minimum atomic E-state index is 0.270. The molecule has 2 aromatic carbocycles. The van der Waals surface area contributed by atoms with Crippen molar-refractivity contribution in [3.05, 3.63) is 65.9 Å². The minimum absolute atomic E-state index is 0.270. The Balaban J connectivity index is 1.68. The summed E-state index contributed by atoms with van der Waals surface area (Å²) < 4.78 is 0. The van der Waals surface area contributed by atoms with Gasteiger partial charge in [-0.2, -0.15) is 5.10 Å². The van der Waals surface area contributed by atoms with E-state index in [1.807, 2.05) is 6.21 Å². The van der Waals surface area contributed by atoms with Crippen LogP contribution < -0.4 is 9.80 Å². The molecule has 2 aromatic rings. The zero-order chi connectivity index (χ0) is 20.6. The fraction of sp³-hybridized carbons (Fsp3) is 0.400. The van der Waals surface area contributed by atoms with Crippen LogP contribution in [0.5, 0.6) is 0 Å². The Labute approximate surface area is 176 Å². The summed E-state index contributed by atoms with van der Waals surface area (Å²) in [4.78, 5) is 4.73. The summed E-state index contributed by atoms with van der Waals surface area (Å²) in [6.07, 6.45) is 7.19. The summed E-state index contributed by atoms with van der Waals surface area (Å²) in [5.41, 5.74) is 5.06. The van der Waals surface area contributed by atoms with Crippen molar-refractivity contribution in [1.29, 1.82) is 0 Å². The number of anilines is 2. The lowest BCUT2D eigenvalue weighted by atomic mass is 10.0. The smallest absolute Gasteiger partial charge is 0.0818 e. The molecule has 1 aliphatic rings. The topological polar surface area (TPSA) is 22.1 Å². The van der Waals surface area contributed by atoms with E-state index >= 15 is 0 Å². The van der Waals surface area contributed by atoms with Crippen molar-refractivity contribution in [3.8, 4) is 0 Å². The highest BCUT2D eigenvalue weighted by atomic mass is 15.5. The summed E-state index contributed by atoms with van der Waals surface area (Å²) in [6.45, 7) is 12.9. The molecule has 0 bridgehead atoms. The molecule has 1 aliphatic heterocycles. The third-order valence-electron chi connectivity index (χ3n) is 5.71. The van der Waals surface area contributed by atoms with Gasteiger partial charge in [-0.15, -0.1) is 0 Å². The molecule has 0 aliphatic carbocycles. The number of rotatable bonds is 9. The average Bonchev–Trinajstić information content (AvgIpc) is 3.24. The first kappa shape index (κ1) is 21.0. The molecule has 1 atom stereocenters. The minimum Gasteiger partial charge on any atom is -0.372 e. The Morgan fingerprint density at radius 1 is 0.828 bits per heavy atom. The SMILES string of the molecule is CCN(CC)c1ccc(C=CN2N=CCC2c2ccc(N(CC)CC)cc2)cc1. The van der Waals surface area contributed by atoms with E-state index in [9.17, 15) is 0 Å². The van der Waals surface area contributed by atoms with Crippen LogP contribution in [0.3, 0.4) is 0 Å². The third kappa shape index (κ3) is 5.00. The van der Waals surface area contributed by atoms with Crippen LogP contribution in [0, 0.1) is 0 Å². The van der Waals surface area contributed by atoms with Crippen molar-refractivity contribution in [2.24, 2.45) is 5.10 Å². The molecule has 0 fully saturated rings. The quantitative estimate of drug-likeness (QED) is 0.542. The molecule has 0 amide bonds. The van der Waals surface area contributed by atoms with Crippen LogP contribution in [0.1, 0.15) is 51.3 Å². The Hall–Kier alpha value is -2.75. The third-order valence-corrected chi connectivity index (χ3v) is 5.71. The van der Waals surface area contributed by atoms with Gasteiger partial charge in [0.1, 0.15) is 0 Å². The number of hydrazone groups is 1. The lowest BCUT2D eigenvalue weighted by Gasteiger charge is -2.24. The van der Waals surface area contributed by atoms with Gasteiger partial charge < -0.3 is 9.80 Å². The van der Waals surface area contributed by atoms with Gasteiger partial charge in [0.05, 0.1) is 6.04 Å². The molecule has 29 heavy (non-hydrogen) atoms. The second-order valence-corrected chi connectivity index (χ2v) is 7.27. The van der Waals surface area contributed by atoms with E-state index in [2.05, 4.69) is 108 Å². The molecule has 0 saturated heterocycles. The van der Waals surface area contributed by atoms with Crippen LogP contribution in [0.15, 0.2) is 59.8 Å². The first-order valence-corrected chi connectivity index (χ1v) is 10.9. The van der Waals surface area contributed by atoms with Crippen LogP contribution in [0.2, 0.25) is 0 Å². The van der Waals surface area contributed by atoms with Crippen LogP contribution in [-0.4, -0.2) is 37.4 Å². The van der Waals surface area contributed by atoms with Gasteiger partial charge in [-0.1, -0.05) is 24.3 Å². The predicted molar refractivity (Wildman–Crippen MR) is 127 cm³/mol. The summed E-state index contributed by atoms with van der Waals surface area (Å²) in [5.74, 6) is 0. The summed E-state index contributed by atoms with van der Waals surface area (Å²) in [6, 6.07) is 18.0. The first-order valence-electron chi connectivity index (χ1n) is 10.9. The van der Waals surface area contributed by atoms with Gasteiger partial charge in [0.25, 0.3) is 0 Å². The number of hydrogen-bond donors (Lipinski definition) is 0. The molecule has 1 unspecified atom stereocenters. The molecule has 4 heteroatoms. The van der Waals surface area contributed by atoms with E-state index in [-0.39, 0.29) is 6.04 Å². The van der Waals surface area contributed by atoms with Crippen LogP contribution in [-0.2, 0) is 0 Å². The second-order valence-electron chi connectivity index (χ2n) is 7.27. The van der Waals surface area contributed by atoms with E-state index in [4.69, 9.17) is 0 Å². The van der Waals surface area contributed by atoms with E-state index in [1.165, 1.54) is 22.5 Å². The molecule has 3 rings (SSSR count). The molecule has 0 radical (unpaired) electrons. The molecule has 0 saturated carbocycles. The van der Waals surface area contributed by atoms with E-state index in [0.717, 1.165) is 32.6 Å². The van der Waals surface area contributed by atoms with E-state index in [0.29, 0.717) is 0 Å². The van der Waals surface area contributed by atoms with Crippen molar-refractivity contribution in [3.63, 3.8) is 0 Å². The highest BCUT2D eigenvalue weighted by molar-refractivity contribution is 5.62. The molecule has 0 aromatic heterocycles. The molecule has 0 N–H and O–H groups in total. The fourth-order valence-electron chi connectivity index (χ4n) is 3.90. The highest BCUT2D eigenvalue weighted by Gasteiger charge is 2.21. The second kappa shape index (κ2) is 10.1. The lowest BCUT2D eigenvalue weighted by molar-refractivity contribution is 0.331. The Kier molecular flexibility index (Phi) is 7.34. The summed E-state index contributed by atoms with van der Waals surface area (Å²) in [5, 5.41) is 6.65. The van der Waals surface area contributed by atoms with Crippen molar-refractivity contribution in [1.82, 2.24) is 5.01 Å². The Morgan fingerprint density at radius 3 is 1.86 bits per heavy atom. The maximum Gasteiger partial charge on any atom is 0.0818 e. The predicted octanol–water partition coefficient (Wildman–Crippen LogP) is 5.78. The molecular weight excluding hydrogens is 356 g/mol. The van der Waals surface area contributed by atoms with E-state index < -0.39 is 0 Å². The maximum atomic E-state index is 4.57. The molecule has 0 spiro atoms. The number of nitrogens with zero attached hydrogens (tertiary/aromatic N) is 4. The average molecular weight is 391 g/mol. The summed E-state index contributed by atoms with van der Waals surface area (Å²) in [7, 11) is 0. The standard InChI is InChI=1S/C25H34N4/c1-5-27(6-2)23-13-9-21(10-14-23)18-20-29-25(17-19-26-29)22-11-15-24(16-12-22)28(7-3)8-4/h9-16,18-20,25H,5-8,17H2,1-4H3. The molecular formula is C25H34N4. The number of benzene rings is 2. The number of hydrogen-bond acceptors (Lipinski definition) is 4. The van der Waals surface area contributed by atoms with Gasteiger partial charge in [0.2, 0.25) is 0 Å². The molecule has 4 nitrogen and oxygen atoms in total. The lowest BCUT2D eigenvalue weighted by Crippen LogP contribution is -2.21. The Morgan fingerprint density at radius 2 is 1.34 bits per heavy atom. The molecule has 1 heterocycles.